The van der Waals surface area contributed by atoms with Crippen LogP contribution in [0.2, 0.25) is 5.15 Å². The van der Waals surface area contributed by atoms with Gasteiger partial charge in [-0.2, -0.15) is 8.75 Å². The van der Waals surface area contributed by atoms with E-state index in [1.54, 1.807) is 0 Å². The van der Waals surface area contributed by atoms with E-state index < -0.39 is 0 Å². The number of hydrogen-bond acceptors (Lipinski definition) is 4. The highest BCUT2D eigenvalue weighted by molar-refractivity contribution is 6.99. The van der Waals surface area contributed by atoms with Gasteiger partial charge in [0, 0.05) is 6.54 Å². The highest BCUT2D eigenvalue weighted by atomic mass is 35.5. The molecule has 5 heteroatoms. The number of hydrogen-bond donors (Lipinski definition) is 1. The number of aromatic nitrogens is 2. The van der Waals surface area contributed by atoms with Crippen LogP contribution in [0.25, 0.3) is 0 Å². The van der Waals surface area contributed by atoms with E-state index in [2.05, 4.69) is 14.1 Å². The maximum Gasteiger partial charge on any atom is 0.186 e. The average Bonchev–Trinajstić information content (AvgIpc) is 3.11. The predicted octanol–water partition coefficient (Wildman–Crippen LogP) is 3.04. The van der Waals surface area contributed by atoms with Gasteiger partial charge in [0.15, 0.2) is 11.0 Å². The summed E-state index contributed by atoms with van der Waals surface area (Å²) in [4.78, 5) is 0. The minimum Gasteiger partial charge on any atom is -0.366 e. The summed E-state index contributed by atoms with van der Waals surface area (Å²) < 4.78 is 8.08. The van der Waals surface area contributed by atoms with Gasteiger partial charge in [0.2, 0.25) is 0 Å². The second kappa shape index (κ2) is 3.91. The van der Waals surface area contributed by atoms with Crippen LogP contribution in [0.1, 0.15) is 25.7 Å². The van der Waals surface area contributed by atoms with Crippen molar-refractivity contribution in [3.05, 3.63) is 5.15 Å². The van der Waals surface area contributed by atoms with Gasteiger partial charge in [-0.15, -0.1) is 0 Å². The molecule has 3 nitrogen and oxygen atoms in total. The molecule has 0 aromatic carbocycles. The Bertz CT molecular complexity index is 334. The van der Waals surface area contributed by atoms with Crippen LogP contribution in [0, 0.1) is 17.8 Å². The molecule has 2 fully saturated rings. The van der Waals surface area contributed by atoms with Crippen LogP contribution in [-0.2, 0) is 0 Å². The van der Waals surface area contributed by atoms with Gasteiger partial charge in [-0.1, -0.05) is 11.6 Å². The number of anilines is 1. The Hall–Kier alpha value is -0.350. The van der Waals surface area contributed by atoms with Crippen LogP contribution in [0.5, 0.6) is 0 Å². The zero-order chi connectivity index (χ0) is 10.3. The van der Waals surface area contributed by atoms with Crippen molar-refractivity contribution in [1.29, 1.82) is 0 Å². The SMILES string of the molecule is Clc1nsnc1NCC(C1CC1)C1CC1. The summed E-state index contributed by atoms with van der Waals surface area (Å²) in [5.41, 5.74) is 0. The molecule has 0 saturated heterocycles. The number of nitrogens with zero attached hydrogens (tertiary/aromatic N) is 2. The van der Waals surface area contributed by atoms with Gasteiger partial charge in [0.05, 0.1) is 11.7 Å². The molecule has 82 valence electrons. The molecule has 0 radical (unpaired) electrons. The fourth-order valence-corrected chi connectivity index (χ4v) is 2.95. The molecular formula is C10H14ClN3S. The van der Waals surface area contributed by atoms with Crippen LogP contribution in [0.4, 0.5) is 5.82 Å². The predicted molar refractivity (Wildman–Crippen MR) is 62.3 cm³/mol. The van der Waals surface area contributed by atoms with Crippen molar-refractivity contribution in [2.24, 2.45) is 17.8 Å². The molecule has 0 unspecified atom stereocenters. The number of halogens is 1. The summed E-state index contributed by atoms with van der Waals surface area (Å²) in [7, 11) is 0. The van der Waals surface area contributed by atoms with Crippen molar-refractivity contribution < 1.29 is 0 Å². The summed E-state index contributed by atoms with van der Waals surface area (Å²) in [6, 6.07) is 0. The van der Waals surface area contributed by atoms with Gasteiger partial charge in [-0.25, -0.2) is 0 Å². The summed E-state index contributed by atoms with van der Waals surface area (Å²) in [6.45, 7) is 1.03. The van der Waals surface area contributed by atoms with E-state index in [1.165, 1.54) is 37.4 Å². The van der Waals surface area contributed by atoms with Crippen molar-refractivity contribution in [1.82, 2.24) is 8.75 Å². The van der Waals surface area contributed by atoms with E-state index >= 15 is 0 Å². The van der Waals surface area contributed by atoms with E-state index in [-0.39, 0.29) is 0 Å². The Balaban J connectivity index is 1.57. The summed E-state index contributed by atoms with van der Waals surface area (Å²) in [5, 5.41) is 3.86. The lowest BCUT2D eigenvalue weighted by Crippen LogP contribution is -2.18. The first-order chi connectivity index (χ1) is 7.34. The first-order valence-corrected chi connectivity index (χ1v) is 6.67. The molecule has 0 bridgehead atoms. The van der Waals surface area contributed by atoms with E-state index in [1.807, 2.05) is 0 Å². The van der Waals surface area contributed by atoms with Crippen molar-refractivity contribution in [2.75, 3.05) is 11.9 Å². The lowest BCUT2D eigenvalue weighted by molar-refractivity contribution is 0.428. The molecule has 1 aromatic heterocycles. The third-order valence-corrected chi connectivity index (χ3v) is 4.30. The quantitative estimate of drug-likeness (QED) is 0.864. The Morgan fingerprint density at radius 2 is 1.93 bits per heavy atom. The van der Waals surface area contributed by atoms with Gasteiger partial charge >= 0.3 is 0 Å². The average molecular weight is 244 g/mol. The molecule has 2 aliphatic rings. The number of nitrogens with one attached hydrogen (secondary N) is 1. The van der Waals surface area contributed by atoms with E-state index in [0.717, 1.165) is 30.1 Å². The molecule has 3 rings (SSSR count). The second-order valence-electron chi connectivity index (χ2n) is 4.62. The summed E-state index contributed by atoms with van der Waals surface area (Å²) in [6.07, 6.45) is 5.69. The molecule has 1 N–H and O–H groups in total. The summed E-state index contributed by atoms with van der Waals surface area (Å²) in [5.74, 6) is 3.56. The Labute approximate surface area is 98.6 Å². The molecule has 0 spiro atoms. The van der Waals surface area contributed by atoms with Crippen molar-refractivity contribution in [3.8, 4) is 0 Å². The Morgan fingerprint density at radius 1 is 1.27 bits per heavy atom. The van der Waals surface area contributed by atoms with Gasteiger partial charge in [-0.3, -0.25) is 0 Å². The van der Waals surface area contributed by atoms with Crippen LogP contribution >= 0.6 is 23.3 Å². The largest absolute Gasteiger partial charge is 0.366 e. The van der Waals surface area contributed by atoms with Crippen LogP contribution < -0.4 is 5.32 Å². The minimum atomic E-state index is 0.519. The van der Waals surface area contributed by atoms with Crippen molar-refractivity contribution >= 4 is 29.1 Å². The van der Waals surface area contributed by atoms with Crippen molar-refractivity contribution in [2.45, 2.75) is 25.7 Å². The summed E-state index contributed by atoms with van der Waals surface area (Å²) >= 11 is 7.06. The highest BCUT2D eigenvalue weighted by Gasteiger charge is 2.41. The maximum atomic E-state index is 5.89. The molecule has 15 heavy (non-hydrogen) atoms. The lowest BCUT2D eigenvalue weighted by Gasteiger charge is -2.15. The highest BCUT2D eigenvalue weighted by Crippen LogP contribution is 2.49. The second-order valence-corrected chi connectivity index (χ2v) is 5.51. The zero-order valence-electron chi connectivity index (χ0n) is 8.45. The first kappa shape index (κ1) is 9.85. The van der Waals surface area contributed by atoms with Crippen LogP contribution in [0.15, 0.2) is 0 Å². The van der Waals surface area contributed by atoms with Crippen molar-refractivity contribution in [3.63, 3.8) is 0 Å². The van der Waals surface area contributed by atoms with E-state index in [9.17, 15) is 0 Å². The standard InChI is InChI=1S/C10H14ClN3S/c11-9-10(14-15-13-9)12-5-8(6-1-2-6)7-3-4-7/h6-8H,1-5H2,(H,12,14). The topological polar surface area (TPSA) is 37.8 Å². The maximum absolute atomic E-state index is 5.89. The van der Waals surface area contributed by atoms with Gasteiger partial charge in [0.25, 0.3) is 0 Å². The smallest absolute Gasteiger partial charge is 0.186 e. The molecule has 0 aliphatic heterocycles. The van der Waals surface area contributed by atoms with Gasteiger partial charge in [0.1, 0.15) is 0 Å². The lowest BCUT2D eigenvalue weighted by atomic mass is 9.98. The van der Waals surface area contributed by atoms with E-state index in [4.69, 9.17) is 11.6 Å². The third-order valence-electron chi connectivity index (χ3n) is 3.41. The third kappa shape index (κ3) is 2.26. The normalized spacial score (nSPS) is 20.9. The van der Waals surface area contributed by atoms with Crippen LogP contribution in [0.3, 0.4) is 0 Å². The molecule has 2 saturated carbocycles. The van der Waals surface area contributed by atoms with Gasteiger partial charge in [-0.05, 0) is 43.4 Å². The number of rotatable bonds is 5. The fraction of sp³-hybridized carbons (Fsp3) is 0.800. The molecule has 2 aliphatic carbocycles. The Kier molecular flexibility index (Phi) is 2.56. The van der Waals surface area contributed by atoms with Gasteiger partial charge < -0.3 is 5.32 Å². The Morgan fingerprint density at radius 3 is 2.40 bits per heavy atom. The molecule has 0 amide bonds. The first-order valence-electron chi connectivity index (χ1n) is 5.56. The molecule has 0 atom stereocenters. The zero-order valence-corrected chi connectivity index (χ0v) is 10.0. The van der Waals surface area contributed by atoms with Crippen LogP contribution in [-0.4, -0.2) is 15.3 Å². The minimum absolute atomic E-state index is 0.519. The monoisotopic (exact) mass is 243 g/mol. The van der Waals surface area contributed by atoms with E-state index in [0.29, 0.717) is 5.15 Å². The molecular weight excluding hydrogens is 230 g/mol. The molecule has 1 heterocycles. The molecule has 1 aromatic rings. The fourth-order valence-electron chi connectivity index (χ4n) is 2.26.